The van der Waals surface area contributed by atoms with Crippen molar-refractivity contribution in [3.8, 4) is 12.3 Å². The first-order valence-electron chi connectivity index (χ1n) is 6.20. The zero-order chi connectivity index (χ0) is 12.7. The van der Waals surface area contributed by atoms with Crippen LogP contribution in [0.2, 0.25) is 0 Å². The van der Waals surface area contributed by atoms with Gasteiger partial charge >= 0.3 is 0 Å². The Morgan fingerprint density at radius 1 is 1.35 bits per heavy atom. The maximum atomic E-state index is 5.22. The van der Waals surface area contributed by atoms with Crippen molar-refractivity contribution in [3.63, 3.8) is 0 Å². The van der Waals surface area contributed by atoms with Gasteiger partial charge in [0.1, 0.15) is 0 Å². The minimum atomic E-state index is 0.272. The highest BCUT2D eigenvalue weighted by Gasteiger charge is 2.35. The molecule has 17 heavy (non-hydrogen) atoms. The third-order valence-electron chi connectivity index (χ3n) is 3.65. The molecule has 96 valence electrons. The molecule has 0 aromatic rings. The lowest BCUT2D eigenvalue weighted by atomic mass is 9.96. The van der Waals surface area contributed by atoms with E-state index in [-0.39, 0.29) is 5.54 Å². The number of terminal acetylenes is 1. The van der Waals surface area contributed by atoms with Gasteiger partial charge in [-0.25, -0.2) is 0 Å². The summed E-state index contributed by atoms with van der Waals surface area (Å²) in [5.41, 5.74) is 0.272. The third kappa shape index (κ3) is 3.64. The fourth-order valence-corrected chi connectivity index (χ4v) is 2.42. The van der Waals surface area contributed by atoms with Gasteiger partial charge in [-0.2, -0.15) is 0 Å². The summed E-state index contributed by atoms with van der Waals surface area (Å²) < 4.78 is 0. The second kappa shape index (κ2) is 6.51. The molecule has 0 aromatic carbocycles. The average Bonchev–Trinajstić information content (AvgIpc) is 2.79. The van der Waals surface area contributed by atoms with Crippen LogP contribution in [0.15, 0.2) is 4.99 Å². The van der Waals surface area contributed by atoms with Crippen LogP contribution in [0.25, 0.3) is 0 Å². The van der Waals surface area contributed by atoms with E-state index in [0.29, 0.717) is 6.54 Å². The van der Waals surface area contributed by atoms with Gasteiger partial charge < -0.3 is 15.5 Å². The van der Waals surface area contributed by atoms with E-state index in [1.54, 1.807) is 7.05 Å². The highest BCUT2D eigenvalue weighted by molar-refractivity contribution is 5.79. The fraction of sp³-hybridized carbons (Fsp3) is 0.769. The predicted octanol–water partition coefficient (Wildman–Crippen LogP) is 0.659. The van der Waals surface area contributed by atoms with E-state index in [1.165, 1.54) is 25.7 Å². The first-order chi connectivity index (χ1) is 8.14. The summed E-state index contributed by atoms with van der Waals surface area (Å²) in [5, 5.41) is 6.45. The molecule has 1 saturated carbocycles. The van der Waals surface area contributed by atoms with Crippen molar-refractivity contribution in [2.75, 3.05) is 34.2 Å². The first-order valence-corrected chi connectivity index (χ1v) is 6.20. The molecule has 0 radical (unpaired) electrons. The van der Waals surface area contributed by atoms with Crippen molar-refractivity contribution in [3.05, 3.63) is 0 Å². The molecular weight excluding hydrogens is 212 g/mol. The van der Waals surface area contributed by atoms with Crippen molar-refractivity contribution in [2.45, 2.75) is 31.2 Å². The number of rotatable bonds is 4. The average molecular weight is 236 g/mol. The maximum absolute atomic E-state index is 5.22. The molecule has 4 nitrogen and oxygen atoms in total. The van der Waals surface area contributed by atoms with Crippen LogP contribution in [0.4, 0.5) is 0 Å². The lowest BCUT2D eigenvalue weighted by Crippen LogP contribution is -2.53. The Bertz CT molecular complexity index is 295. The topological polar surface area (TPSA) is 39.7 Å². The van der Waals surface area contributed by atoms with Crippen LogP contribution < -0.4 is 10.6 Å². The molecule has 2 N–H and O–H groups in total. The van der Waals surface area contributed by atoms with Crippen LogP contribution in [0.5, 0.6) is 0 Å². The van der Waals surface area contributed by atoms with Crippen LogP contribution in [0, 0.1) is 12.3 Å². The van der Waals surface area contributed by atoms with Gasteiger partial charge in [-0.3, -0.25) is 4.99 Å². The first kappa shape index (κ1) is 13.9. The standard InChI is InChI=1S/C13H24N4/c1-5-10-15-12(14-2)16-11-13(17(3)4)8-6-7-9-13/h1H,6-11H2,2-4H3,(H2,14,15,16). The normalized spacial score (nSPS) is 19.1. The molecule has 0 aromatic heterocycles. The molecule has 0 atom stereocenters. The molecule has 0 aliphatic heterocycles. The Labute approximate surface area is 105 Å². The van der Waals surface area contributed by atoms with Crippen molar-refractivity contribution >= 4 is 5.96 Å². The van der Waals surface area contributed by atoms with E-state index >= 15 is 0 Å². The molecular formula is C13H24N4. The van der Waals surface area contributed by atoms with Crippen molar-refractivity contribution in [2.24, 2.45) is 4.99 Å². The van der Waals surface area contributed by atoms with E-state index in [4.69, 9.17) is 6.42 Å². The summed E-state index contributed by atoms with van der Waals surface area (Å²) in [6, 6.07) is 0. The summed E-state index contributed by atoms with van der Waals surface area (Å²) in [6.07, 6.45) is 10.4. The Balaban J connectivity index is 2.49. The Hall–Kier alpha value is -1.21. The number of aliphatic imine (C=N–C) groups is 1. The molecule has 0 amide bonds. The predicted molar refractivity (Wildman–Crippen MR) is 73.1 cm³/mol. The van der Waals surface area contributed by atoms with Gasteiger partial charge in [-0.1, -0.05) is 18.8 Å². The number of nitrogens with zero attached hydrogens (tertiary/aromatic N) is 2. The fourth-order valence-electron chi connectivity index (χ4n) is 2.42. The van der Waals surface area contributed by atoms with E-state index in [9.17, 15) is 0 Å². The number of guanidine groups is 1. The summed E-state index contributed by atoms with van der Waals surface area (Å²) in [7, 11) is 6.08. The van der Waals surface area contributed by atoms with Crippen LogP contribution in [0.1, 0.15) is 25.7 Å². The third-order valence-corrected chi connectivity index (χ3v) is 3.65. The zero-order valence-electron chi connectivity index (χ0n) is 11.2. The van der Waals surface area contributed by atoms with Gasteiger partial charge in [0.2, 0.25) is 0 Å². The van der Waals surface area contributed by atoms with Gasteiger partial charge in [-0.15, -0.1) is 6.42 Å². The lowest BCUT2D eigenvalue weighted by Gasteiger charge is -2.36. The Morgan fingerprint density at radius 2 is 2.00 bits per heavy atom. The van der Waals surface area contributed by atoms with Crippen LogP contribution in [-0.4, -0.2) is 50.6 Å². The van der Waals surface area contributed by atoms with Crippen molar-refractivity contribution in [1.82, 2.24) is 15.5 Å². The van der Waals surface area contributed by atoms with Crippen LogP contribution in [0.3, 0.4) is 0 Å². The molecule has 0 heterocycles. The largest absolute Gasteiger partial charge is 0.355 e. The number of hydrogen-bond acceptors (Lipinski definition) is 2. The monoisotopic (exact) mass is 236 g/mol. The Morgan fingerprint density at radius 3 is 2.47 bits per heavy atom. The van der Waals surface area contributed by atoms with Crippen molar-refractivity contribution < 1.29 is 0 Å². The molecule has 0 spiro atoms. The summed E-state index contributed by atoms with van der Waals surface area (Å²) in [6.45, 7) is 1.43. The summed E-state index contributed by atoms with van der Waals surface area (Å²) in [5.74, 6) is 3.34. The molecule has 1 fully saturated rings. The van der Waals surface area contributed by atoms with Gasteiger partial charge in [0.05, 0.1) is 6.54 Å². The number of nitrogens with one attached hydrogen (secondary N) is 2. The maximum Gasteiger partial charge on any atom is 0.191 e. The van der Waals surface area contributed by atoms with Gasteiger partial charge in [0.25, 0.3) is 0 Å². The molecule has 0 bridgehead atoms. The minimum Gasteiger partial charge on any atom is -0.355 e. The minimum absolute atomic E-state index is 0.272. The van der Waals surface area contributed by atoms with Gasteiger partial charge in [-0.05, 0) is 26.9 Å². The lowest BCUT2D eigenvalue weighted by molar-refractivity contribution is 0.160. The quantitative estimate of drug-likeness (QED) is 0.428. The molecule has 1 aliphatic rings. The second-order valence-electron chi connectivity index (χ2n) is 4.81. The second-order valence-corrected chi connectivity index (χ2v) is 4.81. The van der Waals surface area contributed by atoms with E-state index in [0.717, 1.165) is 12.5 Å². The summed E-state index contributed by atoms with van der Waals surface area (Å²) in [4.78, 5) is 6.49. The number of likely N-dealkylation sites (N-methyl/N-ethyl adjacent to an activating group) is 1. The molecule has 1 rings (SSSR count). The highest BCUT2D eigenvalue weighted by Crippen LogP contribution is 2.32. The molecule has 1 aliphatic carbocycles. The highest BCUT2D eigenvalue weighted by atomic mass is 15.2. The Kier molecular flexibility index (Phi) is 5.30. The van der Waals surface area contributed by atoms with E-state index in [2.05, 4.69) is 40.5 Å². The van der Waals surface area contributed by atoms with Gasteiger partial charge in [0.15, 0.2) is 5.96 Å². The number of hydrogen-bond donors (Lipinski definition) is 2. The smallest absolute Gasteiger partial charge is 0.191 e. The van der Waals surface area contributed by atoms with Crippen molar-refractivity contribution in [1.29, 1.82) is 0 Å². The molecule has 0 saturated heterocycles. The zero-order valence-corrected chi connectivity index (χ0v) is 11.2. The molecule has 0 unspecified atom stereocenters. The molecule has 4 heteroatoms. The van der Waals surface area contributed by atoms with E-state index in [1.807, 2.05) is 0 Å². The van der Waals surface area contributed by atoms with Crippen LogP contribution >= 0.6 is 0 Å². The van der Waals surface area contributed by atoms with Crippen LogP contribution in [-0.2, 0) is 0 Å². The van der Waals surface area contributed by atoms with E-state index < -0.39 is 0 Å². The SMILES string of the molecule is C#CCNC(=NC)NCC1(N(C)C)CCCC1. The summed E-state index contributed by atoms with van der Waals surface area (Å²) >= 11 is 0. The van der Waals surface area contributed by atoms with Gasteiger partial charge in [0, 0.05) is 19.1 Å².